The lowest BCUT2D eigenvalue weighted by atomic mass is 10.1. The Labute approximate surface area is 188 Å². The van der Waals surface area contributed by atoms with E-state index in [1.165, 1.54) is 0 Å². The zero-order chi connectivity index (χ0) is 21.8. The molecule has 0 atom stereocenters. The number of carbonyl (C=O) groups is 2. The number of carbonyl (C=O) groups excluding carboxylic acids is 2. The molecule has 1 fully saturated rings. The molecule has 0 spiro atoms. The molecular weight excluding hydrogens is 432 g/mol. The van der Waals surface area contributed by atoms with Gasteiger partial charge < -0.3 is 4.74 Å². The van der Waals surface area contributed by atoms with E-state index in [0.717, 1.165) is 27.8 Å². The van der Waals surface area contributed by atoms with Gasteiger partial charge >= 0.3 is 0 Å². The lowest BCUT2D eigenvalue weighted by Gasteiger charge is -2.12. The predicted molar refractivity (Wildman–Crippen MR) is 122 cm³/mol. The van der Waals surface area contributed by atoms with Crippen molar-refractivity contribution in [2.45, 2.75) is 6.61 Å². The highest BCUT2D eigenvalue weighted by Crippen LogP contribution is 2.36. The Morgan fingerprint density at radius 3 is 2.55 bits per heavy atom. The molecule has 0 saturated carbocycles. The molecule has 0 aliphatic carbocycles. The summed E-state index contributed by atoms with van der Waals surface area (Å²) in [6.45, 7) is 0.279. The number of thioether (sulfide) groups is 1. The van der Waals surface area contributed by atoms with E-state index in [1.807, 2.05) is 18.2 Å². The molecule has 4 rings (SSSR count). The van der Waals surface area contributed by atoms with Crippen molar-refractivity contribution >= 4 is 46.3 Å². The lowest BCUT2D eigenvalue weighted by Crippen LogP contribution is -2.27. The fourth-order valence-corrected chi connectivity index (χ4v) is 4.06. The maximum atomic E-state index is 12.7. The monoisotopic (exact) mass is 446 g/mol. The van der Waals surface area contributed by atoms with Gasteiger partial charge in [0.15, 0.2) is 0 Å². The van der Waals surface area contributed by atoms with Crippen LogP contribution in [0, 0.1) is 11.3 Å². The van der Waals surface area contributed by atoms with Crippen LogP contribution in [-0.2, 0) is 11.4 Å². The first kappa shape index (κ1) is 20.7. The zero-order valence-electron chi connectivity index (χ0n) is 16.1. The van der Waals surface area contributed by atoms with Crippen molar-refractivity contribution in [1.82, 2.24) is 0 Å². The van der Waals surface area contributed by atoms with E-state index in [-0.39, 0.29) is 17.8 Å². The molecule has 1 aliphatic rings. The Balaban J connectivity index is 1.46. The number of anilines is 1. The van der Waals surface area contributed by atoms with Crippen LogP contribution in [0.2, 0.25) is 5.02 Å². The molecule has 2 amide bonds. The summed E-state index contributed by atoms with van der Waals surface area (Å²) in [5.74, 6) is 0.252. The molecule has 3 aromatic rings. The van der Waals surface area contributed by atoms with Crippen LogP contribution < -0.4 is 9.64 Å². The van der Waals surface area contributed by atoms with E-state index in [9.17, 15) is 9.59 Å². The van der Waals surface area contributed by atoms with E-state index < -0.39 is 0 Å². The third-order valence-corrected chi connectivity index (χ3v) is 5.67. The lowest BCUT2D eigenvalue weighted by molar-refractivity contribution is -0.113. The van der Waals surface area contributed by atoms with Crippen molar-refractivity contribution in [2.75, 3.05) is 4.90 Å². The van der Waals surface area contributed by atoms with Crippen LogP contribution in [0.1, 0.15) is 16.7 Å². The van der Waals surface area contributed by atoms with Gasteiger partial charge in [0.25, 0.3) is 11.1 Å². The van der Waals surface area contributed by atoms with E-state index in [1.54, 1.807) is 60.7 Å². The van der Waals surface area contributed by atoms with Gasteiger partial charge in [-0.25, -0.2) is 4.90 Å². The zero-order valence-corrected chi connectivity index (χ0v) is 17.7. The number of amides is 2. The number of nitriles is 1. The second-order valence-corrected chi connectivity index (χ2v) is 8.05. The smallest absolute Gasteiger partial charge is 0.298 e. The van der Waals surface area contributed by atoms with Crippen molar-refractivity contribution in [3.8, 4) is 11.8 Å². The summed E-state index contributed by atoms with van der Waals surface area (Å²) in [5.41, 5.74) is 2.60. The molecule has 1 heterocycles. The van der Waals surface area contributed by atoms with Crippen LogP contribution in [0.3, 0.4) is 0 Å². The van der Waals surface area contributed by atoms with Gasteiger partial charge in [0.05, 0.1) is 22.2 Å². The first-order valence-corrected chi connectivity index (χ1v) is 10.5. The minimum absolute atomic E-state index is 0.279. The predicted octanol–water partition coefficient (Wildman–Crippen LogP) is 6.03. The largest absolute Gasteiger partial charge is 0.489 e. The minimum Gasteiger partial charge on any atom is -0.489 e. The summed E-state index contributed by atoms with van der Waals surface area (Å²) in [7, 11) is 0. The van der Waals surface area contributed by atoms with E-state index in [4.69, 9.17) is 21.6 Å². The topological polar surface area (TPSA) is 70.4 Å². The molecular formula is C24H15ClN2O3S. The summed E-state index contributed by atoms with van der Waals surface area (Å²) in [4.78, 5) is 26.6. The molecule has 0 N–H and O–H groups in total. The molecule has 31 heavy (non-hydrogen) atoms. The molecule has 0 unspecified atom stereocenters. The van der Waals surface area contributed by atoms with Crippen molar-refractivity contribution < 1.29 is 14.3 Å². The maximum absolute atomic E-state index is 12.7. The van der Waals surface area contributed by atoms with Crippen LogP contribution in [0.5, 0.6) is 5.75 Å². The highest BCUT2D eigenvalue weighted by Gasteiger charge is 2.36. The summed E-state index contributed by atoms with van der Waals surface area (Å²) < 4.78 is 5.77. The molecule has 152 valence electrons. The van der Waals surface area contributed by atoms with Gasteiger partial charge in [-0.3, -0.25) is 9.59 Å². The fourth-order valence-electron chi connectivity index (χ4n) is 3.03. The maximum Gasteiger partial charge on any atom is 0.298 e. The Kier molecular flexibility index (Phi) is 6.08. The molecule has 5 nitrogen and oxygen atoms in total. The summed E-state index contributed by atoms with van der Waals surface area (Å²) in [5, 5.41) is 9.24. The van der Waals surface area contributed by atoms with Gasteiger partial charge in [0.2, 0.25) is 0 Å². The normalized spacial score (nSPS) is 14.7. The first-order valence-electron chi connectivity index (χ1n) is 9.29. The third kappa shape index (κ3) is 4.64. The standard InChI is InChI=1S/C24H15ClN2O3S/c25-19-6-3-7-20(13-19)27-23(28)22(31-24(27)29)12-16-8-10-21(11-9-16)30-15-18-5-2-1-4-17(18)14-26/h1-13H,15H2/b22-12+. The SMILES string of the molecule is N#Cc1ccccc1COc1ccc(/C=C2/SC(=O)N(c3cccc(Cl)c3)C2=O)cc1. The fraction of sp³-hybridized carbons (Fsp3) is 0.0417. The van der Waals surface area contributed by atoms with Crippen LogP contribution >= 0.6 is 23.4 Å². The van der Waals surface area contributed by atoms with Gasteiger partial charge in [-0.05, 0) is 59.8 Å². The van der Waals surface area contributed by atoms with Crippen LogP contribution in [0.4, 0.5) is 10.5 Å². The Morgan fingerprint density at radius 1 is 1.03 bits per heavy atom. The van der Waals surface area contributed by atoms with E-state index in [0.29, 0.717) is 26.9 Å². The number of rotatable bonds is 5. The number of hydrogen-bond donors (Lipinski definition) is 0. The van der Waals surface area contributed by atoms with Crippen LogP contribution in [0.15, 0.2) is 77.7 Å². The average molecular weight is 447 g/mol. The highest BCUT2D eigenvalue weighted by atomic mass is 35.5. The molecule has 0 aromatic heterocycles. The summed E-state index contributed by atoms with van der Waals surface area (Å²) >= 11 is 6.87. The van der Waals surface area contributed by atoms with Crippen molar-refractivity contribution in [3.63, 3.8) is 0 Å². The molecule has 0 radical (unpaired) electrons. The van der Waals surface area contributed by atoms with Gasteiger partial charge in [-0.2, -0.15) is 5.26 Å². The summed E-state index contributed by atoms with van der Waals surface area (Å²) in [6.07, 6.45) is 1.67. The number of nitrogens with zero attached hydrogens (tertiary/aromatic N) is 2. The third-order valence-electron chi connectivity index (χ3n) is 4.57. The van der Waals surface area contributed by atoms with Crippen LogP contribution in [-0.4, -0.2) is 11.1 Å². The van der Waals surface area contributed by atoms with Gasteiger partial charge in [0.1, 0.15) is 12.4 Å². The van der Waals surface area contributed by atoms with E-state index in [2.05, 4.69) is 6.07 Å². The van der Waals surface area contributed by atoms with Crippen molar-refractivity contribution in [3.05, 3.63) is 99.4 Å². The molecule has 3 aromatic carbocycles. The highest BCUT2D eigenvalue weighted by molar-refractivity contribution is 8.19. The van der Waals surface area contributed by atoms with Gasteiger partial charge in [-0.1, -0.05) is 48.0 Å². The molecule has 1 aliphatic heterocycles. The van der Waals surface area contributed by atoms with Crippen LogP contribution in [0.25, 0.3) is 6.08 Å². The molecule has 7 heteroatoms. The Morgan fingerprint density at radius 2 is 1.81 bits per heavy atom. The van der Waals surface area contributed by atoms with Crippen molar-refractivity contribution in [2.24, 2.45) is 0 Å². The quantitative estimate of drug-likeness (QED) is 0.447. The number of benzene rings is 3. The molecule has 1 saturated heterocycles. The number of hydrogen-bond acceptors (Lipinski definition) is 5. The van der Waals surface area contributed by atoms with Gasteiger partial charge in [0, 0.05) is 10.6 Å². The summed E-state index contributed by atoms with van der Waals surface area (Å²) in [6, 6.07) is 23.2. The minimum atomic E-state index is -0.384. The number of ether oxygens (including phenoxy) is 1. The second kappa shape index (κ2) is 9.09. The van der Waals surface area contributed by atoms with E-state index >= 15 is 0 Å². The number of imide groups is 1. The first-order chi connectivity index (χ1) is 15.0. The Bertz CT molecular complexity index is 1230. The second-order valence-electron chi connectivity index (χ2n) is 6.62. The molecule has 0 bridgehead atoms. The van der Waals surface area contributed by atoms with Gasteiger partial charge in [-0.15, -0.1) is 0 Å². The number of halogens is 1. The Hall–Kier alpha value is -3.53. The average Bonchev–Trinajstić information content (AvgIpc) is 3.06. The van der Waals surface area contributed by atoms with Crippen molar-refractivity contribution in [1.29, 1.82) is 5.26 Å².